The smallest absolute Gasteiger partial charge is 0.206 e. The molecule has 1 heterocycles. The number of rotatable bonds is 4. The zero-order chi connectivity index (χ0) is 17.3. The van der Waals surface area contributed by atoms with Crippen LogP contribution in [-0.2, 0) is 0 Å². The molecule has 3 N–H and O–H groups in total. The third-order valence-corrected chi connectivity index (χ3v) is 4.66. The summed E-state index contributed by atoms with van der Waals surface area (Å²) in [6, 6.07) is 11.4. The standard InChI is InChI=1S/C18H16FN3OS/c1-10-4-3-5-11(2)14(10)21-18-22-17(20)16(24-18)15(23)12-6-8-13(19)9-7-12/h3-9H,20H2,1-2H3,(H,21,22). The Hall–Kier alpha value is -2.73. The lowest BCUT2D eigenvalue weighted by Gasteiger charge is -2.09. The summed E-state index contributed by atoms with van der Waals surface area (Å²) >= 11 is 1.19. The number of ketones is 1. The molecule has 2 aromatic carbocycles. The average Bonchev–Trinajstić information content (AvgIpc) is 2.92. The molecule has 0 spiro atoms. The van der Waals surface area contributed by atoms with Crippen molar-refractivity contribution in [2.24, 2.45) is 0 Å². The highest BCUT2D eigenvalue weighted by molar-refractivity contribution is 7.18. The van der Waals surface area contributed by atoms with E-state index in [0.29, 0.717) is 15.6 Å². The monoisotopic (exact) mass is 341 g/mol. The number of hydrogen-bond donors (Lipinski definition) is 2. The third-order valence-electron chi connectivity index (χ3n) is 3.68. The number of para-hydroxylation sites is 1. The minimum atomic E-state index is -0.388. The number of nitrogens with zero attached hydrogens (tertiary/aromatic N) is 1. The predicted octanol–water partition coefficient (Wildman–Crippen LogP) is 4.46. The van der Waals surface area contributed by atoms with Crippen LogP contribution in [0.5, 0.6) is 0 Å². The van der Waals surface area contributed by atoms with Crippen LogP contribution in [0.4, 0.5) is 21.0 Å². The maximum atomic E-state index is 13.0. The fourth-order valence-electron chi connectivity index (χ4n) is 2.40. The van der Waals surface area contributed by atoms with Gasteiger partial charge in [0.25, 0.3) is 0 Å². The molecule has 0 unspecified atom stereocenters. The number of nitrogens with one attached hydrogen (secondary N) is 1. The van der Waals surface area contributed by atoms with E-state index >= 15 is 0 Å². The molecular weight excluding hydrogens is 325 g/mol. The van der Waals surface area contributed by atoms with Gasteiger partial charge in [-0.05, 0) is 49.2 Å². The van der Waals surface area contributed by atoms with E-state index in [1.165, 1.54) is 35.6 Å². The second kappa shape index (κ2) is 6.41. The fraction of sp³-hybridized carbons (Fsp3) is 0.111. The van der Waals surface area contributed by atoms with Gasteiger partial charge in [0.2, 0.25) is 5.78 Å². The maximum absolute atomic E-state index is 13.0. The largest absolute Gasteiger partial charge is 0.382 e. The van der Waals surface area contributed by atoms with Gasteiger partial charge in [-0.15, -0.1) is 0 Å². The Kier molecular flexibility index (Phi) is 4.31. The zero-order valence-corrected chi connectivity index (χ0v) is 14.1. The first-order valence-electron chi connectivity index (χ1n) is 7.35. The molecule has 4 nitrogen and oxygen atoms in total. The second-order valence-electron chi connectivity index (χ2n) is 5.46. The number of carbonyl (C=O) groups excluding carboxylic acids is 1. The van der Waals surface area contributed by atoms with E-state index in [4.69, 9.17) is 5.73 Å². The van der Waals surface area contributed by atoms with Gasteiger partial charge in [-0.1, -0.05) is 29.5 Å². The van der Waals surface area contributed by atoms with Crippen LogP contribution in [0.2, 0.25) is 0 Å². The lowest BCUT2D eigenvalue weighted by molar-refractivity contribution is 0.104. The second-order valence-corrected chi connectivity index (χ2v) is 6.46. The fourth-order valence-corrected chi connectivity index (χ4v) is 3.25. The van der Waals surface area contributed by atoms with Crippen LogP contribution in [0.3, 0.4) is 0 Å². The van der Waals surface area contributed by atoms with Crippen LogP contribution in [0.1, 0.15) is 26.4 Å². The number of hydrogen-bond acceptors (Lipinski definition) is 5. The first-order valence-corrected chi connectivity index (χ1v) is 8.17. The van der Waals surface area contributed by atoms with Crippen molar-refractivity contribution in [3.8, 4) is 0 Å². The van der Waals surface area contributed by atoms with E-state index in [-0.39, 0.29) is 17.4 Å². The topological polar surface area (TPSA) is 68.0 Å². The van der Waals surface area contributed by atoms with E-state index in [0.717, 1.165) is 16.8 Å². The summed E-state index contributed by atoms with van der Waals surface area (Å²) in [6.45, 7) is 3.99. The molecule has 0 bridgehead atoms. The van der Waals surface area contributed by atoms with Gasteiger partial charge >= 0.3 is 0 Å². The maximum Gasteiger partial charge on any atom is 0.206 e. The molecule has 3 rings (SSSR count). The molecular formula is C18H16FN3OS. The molecule has 122 valence electrons. The van der Waals surface area contributed by atoms with Gasteiger partial charge in [0, 0.05) is 11.3 Å². The van der Waals surface area contributed by atoms with E-state index in [2.05, 4.69) is 10.3 Å². The van der Waals surface area contributed by atoms with Gasteiger partial charge in [0.15, 0.2) is 5.13 Å². The molecule has 0 saturated heterocycles. The van der Waals surface area contributed by atoms with Gasteiger partial charge in [-0.2, -0.15) is 0 Å². The predicted molar refractivity (Wildman–Crippen MR) is 95.6 cm³/mol. The molecule has 0 fully saturated rings. The Bertz CT molecular complexity index is 883. The molecule has 6 heteroatoms. The highest BCUT2D eigenvalue weighted by atomic mass is 32.1. The van der Waals surface area contributed by atoms with E-state index in [9.17, 15) is 9.18 Å². The van der Waals surface area contributed by atoms with Crippen LogP contribution in [0.25, 0.3) is 0 Å². The summed E-state index contributed by atoms with van der Waals surface area (Å²) in [6.07, 6.45) is 0. The SMILES string of the molecule is Cc1cccc(C)c1Nc1nc(N)c(C(=O)c2ccc(F)cc2)s1. The van der Waals surface area contributed by atoms with Crippen molar-refractivity contribution in [3.05, 3.63) is 69.8 Å². The number of carbonyl (C=O) groups is 1. The molecule has 0 aliphatic rings. The summed E-state index contributed by atoms with van der Waals surface area (Å²) < 4.78 is 13.0. The highest BCUT2D eigenvalue weighted by Gasteiger charge is 2.18. The zero-order valence-electron chi connectivity index (χ0n) is 13.3. The van der Waals surface area contributed by atoms with Crippen molar-refractivity contribution in [1.29, 1.82) is 0 Å². The molecule has 0 radical (unpaired) electrons. The molecule has 0 aliphatic carbocycles. The number of aromatic nitrogens is 1. The Labute approximate surface area is 143 Å². The number of thiazole rings is 1. The van der Waals surface area contributed by atoms with Crippen molar-refractivity contribution in [1.82, 2.24) is 4.98 Å². The molecule has 0 amide bonds. The average molecular weight is 341 g/mol. The Morgan fingerprint density at radius 3 is 2.38 bits per heavy atom. The molecule has 0 aliphatic heterocycles. The summed E-state index contributed by atoms with van der Waals surface area (Å²) in [4.78, 5) is 17.1. The van der Waals surface area contributed by atoms with Gasteiger partial charge in [-0.3, -0.25) is 4.79 Å². The van der Waals surface area contributed by atoms with Gasteiger partial charge in [0.05, 0.1) is 0 Å². The number of anilines is 3. The van der Waals surface area contributed by atoms with E-state index in [1.807, 2.05) is 32.0 Å². The van der Waals surface area contributed by atoms with Crippen molar-refractivity contribution in [3.63, 3.8) is 0 Å². The number of nitrogens with two attached hydrogens (primary N) is 1. The molecule has 0 atom stereocenters. The molecule has 1 aromatic heterocycles. The third kappa shape index (κ3) is 3.14. The molecule has 24 heavy (non-hydrogen) atoms. The number of benzene rings is 2. The molecule has 3 aromatic rings. The number of halogens is 1. The lowest BCUT2D eigenvalue weighted by atomic mass is 10.1. The van der Waals surface area contributed by atoms with Crippen molar-refractivity contribution < 1.29 is 9.18 Å². The first-order chi connectivity index (χ1) is 11.5. The number of aryl methyl sites for hydroxylation is 2. The van der Waals surface area contributed by atoms with Crippen LogP contribution in [0.15, 0.2) is 42.5 Å². The lowest BCUT2D eigenvalue weighted by Crippen LogP contribution is -2.02. The van der Waals surface area contributed by atoms with Crippen LogP contribution in [-0.4, -0.2) is 10.8 Å². The summed E-state index contributed by atoms with van der Waals surface area (Å²) in [5.74, 6) is -0.483. The minimum absolute atomic E-state index is 0.170. The van der Waals surface area contributed by atoms with Gasteiger partial charge < -0.3 is 11.1 Å². The first kappa shape index (κ1) is 16.1. The Morgan fingerprint density at radius 2 is 1.75 bits per heavy atom. The van der Waals surface area contributed by atoms with Gasteiger partial charge in [0.1, 0.15) is 16.5 Å². The minimum Gasteiger partial charge on any atom is -0.382 e. The Balaban J connectivity index is 1.90. The van der Waals surface area contributed by atoms with Crippen molar-refractivity contribution in [2.75, 3.05) is 11.1 Å². The highest BCUT2D eigenvalue weighted by Crippen LogP contribution is 2.31. The van der Waals surface area contributed by atoms with Crippen LogP contribution in [0, 0.1) is 19.7 Å². The summed E-state index contributed by atoms with van der Waals surface area (Å²) in [5, 5.41) is 3.78. The van der Waals surface area contributed by atoms with Crippen LogP contribution < -0.4 is 11.1 Å². The van der Waals surface area contributed by atoms with E-state index < -0.39 is 0 Å². The van der Waals surface area contributed by atoms with Crippen molar-refractivity contribution >= 4 is 33.8 Å². The quantitative estimate of drug-likeness (QED) is 0.688. The normalized spacial score (nSPS) is 10.6. The molecule has 0 saturated carbocycles. The van der Waals surface area contributed by atoms with Crippen molar-refractivity contribution in [2.45, 2.75) is 13.8 Å². The summed E-state index contributed by atoms with van der Waals surface area (Å²) in [5.41, 5.74) is 9.39. The number of nitrogen functional groups attached to an aromatic ring is 1. The summed E-state index contributed by atoms with van der Waals surface area (Å²) in [7, 11) is 0. The van der Waals surface area contributed by atoms with Gasteiger partial charge in [-0.25, -0.2) is 9.37 Å². The van der Waals surface area contributed by atoms with Crippen LogP contribution >= 0.6 is 11.3 Å². The Morgan fingerprint density at radius 1 is 1.12 bits per heavy atom. The van der Waals surface area contributed by atoms with E-state index in [1.54, 1.807) is 0 Å².